The number of rotatable bonds is 6. The zero-order valence-corrected chi connectivity index (χ0v) is 20.4. The van der Waals surface area contributed by atoms with Crippen LogP contribution in [-0.4, -0.2) is 44.2 Å². The van der Waals surface area contributed by atoms with Gasteiger partial charge < -0.3 is 4.90 Å². The summed E-state index contributed by atoms with van der Waals surface area (Å²) in [4.78, 5) is 60.1. The molecule has 190 valence electrons. The molecule has 0 atom stereocenters. The maximum Gasteiger partial charge on any atom is 0.329 e. The minimum atomic E-state index is -0.776. The number of aromatic nitrogens is 3. The molecule has 1 N–H and O–H groups in total. The van der Waals surface area contributed by atoms with Gasteiger partial charge in [-0.25, -0.2) is 18.6 Å². The molecule has 1 amide bonds. The number of H-pyrrole nitrogens is 1. The van der Waals surface area contributed by atoms with Crippen LogP contribution in [0.5, 0.6) is 0 Å². The number of ketones is 1. The number of hydrogen-bond acceptors (Lipinski definition) is 5. The lowest BCUT2D eigenvalue weighted by molar-refractivity contribution is 0.0650. The van der Waals surface area contributed by atoms with E-state index in [0.29, 0.717) is 18.7 Å². The second-order valence-corrected chi connectivity index (χ2v) is 9.41. The van der Waals surface area contributed by atoms with Crippen molar-refractivity contribution >= 4 is 22.7 Å². The van der Waals surface area contributed by atoms with E-state index in [2.05, 4.69) is 9.97 Å². The zero-order chi connectivity index (χ0) is 26.1. The Morgan fingerprint density at radius 1 is 1.11 bits per heavy atom. The van der Waals surface area contributed by atoms with Crippen molar-refractivity contribution < 1.29 is 18.4 Å². The molecule has 36 heavy (non-hydrogen) atoms. The van der Waals surface area contributed by atoms with Crippen molar-refractivity contribution in [3.8, 4) is 0 Å². The molecular weight excluding hydrogens is 470 g/mol. The van der Waals surface area contributed by atoms with Gasteiger partial charge in [-0.15, -0.1) is 0 Å². The van der Waals surface area contributed by atoms with Crippen molar-refractivity contribution in [1.82, 2.24) is 19.4 Å². The van der Waals surface area contributed by atoms with Crippen LogP contribution in [0.1, 0.15) is 72.4 Å². The summed E-state index contributed by atoms with van der Waals surface area (Å²) in [6.07, 6.45) is 1.18. The van der Waals surface area contributed by atoms with Gasteiger partial charge in [0.1, 0.15) is 11.6 Å². The number of nitrogens with zero attached hydrogens (tertiary/aromatic N) is 3. The van der Waals surface area contributed by atoms with Gasteiger partial charge in [-0.3, -0.25) is 23.9 Å². The van der Waals surface area contributed by atoms with Gasteiger partial charge in [0.15, 0.2) is 11.4 Å². The first-order valence-electron chi connectivity index (χ1n) is 12.1. The number of benzene rings is 1. The summed E-state index contributed by atoms with van der Waals surface area (Å²) in [5.41, 5.74) is -0.651. The first kappa shape index (κ1) is 25.4. The molecule has 8 nitrogen and oxygen atoms in total. The number of aryl methyl sites for hydroxylation is 1. The molecule has 10 heteroatoms. The largest absolute Gasteiger partial charge is 0.339 e. The third kappa shape index (κ3) is 4.72. The molecule has 3 heterocycles. The van der Waals surface area contributed by atoms with Crippen molar-refractivity contribution in [2.75, 3.05) is 13.1 Å². The predicted molar refractivity (Wildman–Crippen MR) is 130 cm³/mol. The number of hydrogen-bond donors (Lipinski definition) is 1. The van der Waals surface area contributed by atoms with E-state index in [-0.39, 0.29) is 54.0 Å². The number of Topliss-reactive ketones (excluding diaryl/α,β-unsaturated/α-hetero) is 1. The third-order valence-corrected chi connectivity index (χ3v) is 6.58. The summed E-state index contributed by atoms with van der Waals surface area (Å²) in [6.45, 7) is 6.45. The molecule has 0 aliphatic carbocycles. The second kappa shape index (κ2) is 10.1. The number of piperidine rings is 1. The summed E-state index contributed by atoms with van der Waals surface area (Å²) < 4.78 is 29.0. The summed E-state index contributed by atoms with van der Waals surface area (Å²) >= 11 is 0. The van der Waals surface area contributed by atoms with Gasteiger partial charge in [0.05, 0.1) is 16.5 Å². The number of halogens is 2. The molecule has 1 saturated heterocycles. The minimum absolute atomic E-state index is 0.0532. The third-order valence-electron chi connectivity index (χ3n) is 6.58. The second-order valence-electron chi connectivity index (χ2n) is 9.41. The molecule has 2 aromatic heterocycles. The van der Waals surface area contributed by atoms with Crippen molar-refractivity contribution in [3.63, 3.8) is 0 Å². The number of amides is 1. The van der Waals surface area contributed by atoms with Crippen LogP contribution in [0.25, 0.3) is 11.0 Å². The maximum atomic E-state index is 14.1. The number of pyridine rings is 1. The molecule has 3 aromatic rings. The highest BCUT2D eigenvalue weighted by Crippen LogP contribution is 2.27. The fraction of sp³-hybridized carbons (Fsp3) is 0.423. The Hall–Kier alpha value is -3.69. The van der Waals surface area contributed by atoms with Gasteiger partial charge in [0, 0.05) is 31.2 Å². The summed E-state index contributed by atoms with van der Waals surface area (Å²) in [5.74, 6) is -2.97. The Labute approximate surface area is 206 Å². The monoisotopic (exact) mass is 498 g/mol. The molecule has 0 radical (unpaired) electrons. The fourth-order valence-corrected chi connectivity index (χ4v) is 4.61. The van der Waals surface area contributed by atoms with E-state index in [0.717, 1.165) is 18.2 Å². The Morgan fingerprint density at radius 2 is 1.81 bits per heavy atom. The molecule has 1 aromatic carbocycles. The molecule has 1 aliphatic rings. The van der Waals surface area contributed by atoms with E-state index in [9.17, 15) is 28.0 Å². The van der Waals surface area contributed by atoms with Gasteiger partial charge in [0.25, 0.3) is 11.5 Å². The lowest BCUT2D eigenvalue weighted by Gasteiger charge is -2.31. The van der Waals surface area contributed by atoms with Crippen LogP contribution in [0.4, 0.5) is 8.78 Å². The lowest BCUT2D eigenvalue weighted by atomic mass is 9.88. The first-order valence-corrected chi connectivity index (χ1v) is 12.1. The molecule has 1 fully saturated rings. The molecule has 4 rings (SSSR count). The summed E-state index contributed by atoms with van der Waals surface area (Å²) in [6, 6.07) is 4.37. The Morgan fingerprint density at radius 3 is 2.44 bits per heavy atom. The summed E-state index contributed by atoms with van der Waals surface area (Å²) in [7, 11) is 0. The Kier molecular flexibility index (Phi) is 7.14. The quantitative estimate of drug-likeness (QED) is 0.523. The smallest absolute Gasteiger partial charge is 0.329 e. The van der Waals surface area contributed by atoms with E-state index in [1.165, 1.54) is 4.57 Å². The molecule has 0 spiro atoms. The molecule has 0 saturated carbocycles. The molecule has 0 unspecified atom stereocenters. The summed E-state index contributed by atoms with van der Waals surface area (Å²) in [5, 5.41) is 0.0532. The van der Waals surface area contributed by atoms with E-state index >= 15 is 0 Å². The SMILES string of the molecule is CCCn1c(=O)[nH]c(=O)c2c(C(=O)N3CCC(C(=O)c4cc(F)ccc4F)CC3)cc(C(C)C)nc21. The molecular formula is C26H28F2N4O4. The minimum Gasteiger partial charge on any atom is -0.339 e. The average Bonchev–Trinajstić information content (AvgIpc) is 2.86. The highest BCUT2D eigenvalue weighted by Gasteiger charge is 2.31. The van der Waals surface area contributed by atoms with Gasteiger partial charge in [-0.1, -0.05) is 20.8 Å². The van der Waals surface area contributed by atoms with Gasteiger partial charge in [-0.05, 0) is 49.4 Å². The van der Waals surface area contributed by atoms with Crippen LogP contribution in [0, 0.1) is 17.6 Å². The normalized spacial score (nSPS) is 14.6. The Bertz CT molecular complexity index is 1450. The predicted octanol–water partition coefficient (Wildman–Crippen LogP) is 3.63. The van der Waals surface area contributed by atoms with E-state index in [1.54, 1.807) is 11.0 Å². The van der Waals surface area contributed by atoms with Crippen LogP contribution in [0.3, 0.4) is 0 Å². The van der Waals surface area contributed by atoms with Crippen molar-refractivity contribution in [1.29, 1.82) is 0 Å². The van der Waals surface area contributed by atoms with E-state index < -0.39 is 40.5 Å². The van der Waals surface area contributed by atoms with E-state index in [4.69, 9.17) is 0 Å². The van der Waals surface area contributed by atoms with Gasteiger partial charge in [0.2, 0.25) is 0 Å². The fourth-order valence-electron chi connectivity index (χ4n) is 4.61. The molecule has 0 bridgehead atoms. The van der Waals surface area contributed by atoms with Crippen molar-refractivity contribution in [2.24, 2.45) is 5.92 Å². The standard InChI is InChI=1S/C26H28F2N4O4/c1-4-9-32-23-21(24(34)30-26(32)36)18(13-20(29-23)14(2)3)25(35)31-10-7-15(8-11-31)22(33)17-12-16(27)5-6-19(17)28/h5-6,12-15H,4,7-11H2,1-3H3,(H,30,34,36). The Balaban J connectivity index is 1.66. The highest BCUT2D eigenvalue weighted by atomic mass is 19.1. The van der Waals surface area contributed by atoms with Gasteiger partial charge >= 0.3 is 5.69 Å². The average molecular weight is 499 g/mol. The zero-order valence-electron chi connectivity index (χ0n) is 20.4. The topological polar surface area (TPSA) is 105 Å². The molecule has 1 aliphatic heterocycles. The number of fused-ring (bicyclic) bond motifs is 1. The van der Waals surface area contributed by atoms with Crippen LogP contribution < -0.4 is 11.2 Å². The van der Waals surface area contributed by atoms with Crippen LogP contribution in [0.2, 0.25) is 0 Å². The lowest BCUT2D eigenvalue weighted by Crippen LogP contribution is -2.41. The first-order chi connectivity index (χ1) is 17.1. The van der Waals surface area contributed by atoms with Crippen LogP contribution in [0.15, 0.2) is 33.9 Å². The maximum absolute atomic E-state index is 14.1. The number of likely N-dealkylation sites (tertiary alicyclic amines) is 1. The highest BCUT2D eigenvalue weighted by molar-refractivity contribution is 6.05. The van der Waals surface area contributed by atoms with Gasteiger partial charge in [-0.2, -0.15) is 0 Å². The van der Waals surface area contributed by atoms with Crippen LogP contribution in [-0.2, 0) is 6.54 Å². The number of carbonyl (C=O) groups excluding carboxylic acids is 2. The van der Waals surface area contributed by atoms with Crippen molar-refractivity contribution in [2.45, 2.75) is 52.5 Å². The van der Waals surface area contributed by atoms with E-state index in [1.807, 2.05) is 20.8 Å². The van der Waals surface area contributed by atoms with Crippen molar-refractivity contribution in [3.05, 3.63) is 73.6 Å². The number of aromatic amines is 1. The van der Waals surface area contributed by atoms with Crippen LogP contribution >= 0.6 is 0 Å². The number of carbonyl (C=O) groups is 2. The number of nitrogens with one attached hydrogen (secondary N) is 1.